The van der Waals surface area contributed by atoms with E-state index in [0.29, 0.717) is 17.5 Å². The lowest BCUT2D eigenvalue weighted by Crippen LogP contribution is -2.02. The summed E-state index contributed by atoms with van der Waals surface area (Å²) in [4.78, 5) is 16.0. The Kier molecular flexibility index (Phi) is 7.14. The van der Waals surface area contributed by atoms with E-state index in [1.54, 1.807) is 0 Å². The van der Waals surface area contributed by atoms with Crippen molar-refractivity contribution < 1.29 is 0 Å². The molecule has 0 saturated heterocycles. The average molecular weight is 701 g/mol. The van der Waals surface area contributed by atoms with E-state index in [1.807, 2.05) is 18.2 Å². The number of nitrogens with zero attached hydrogens (tertiary/aromatic N) is 4. The SMILES string of the molecule is c1ccc(-c2nc(-c3ccccc3-c3cccc4c5ccccc5n(-c5ccccc5)c34)nc(-c3c4ccccc4cc4c3ccc3ccccc34)n2)cc1. The van der Waals surface area contributed by atoms with E-state index in [9.17, 15) is 0 Å². The van der Waals surface area contributed by atoms with E-state index >= 15 is 0 Å². The third kappa shape index (κ3) is 5.03. The molecule has 2 aromatic heterocycles. The van der Waals surface area contributed by atoms with Crippen LogP contribution in [0, 0.1) is 0 Å². The molecule has 9 aromatic carbocycles. The Morgan fingerprint density at radius 2 is 0.927 bits per heavy atom. The highest BCUT2D eigenvalue weighted by Crippen LogP contribution is 2.43. The van der Waals surface area contributed by atoms with E-state index < -0.39 is 0 Å². The van der Waals surface area contributed by atoms with Gasteiger partial charge in [-0.2, -0.15) is 0 Å². The Balaban J connectivity index is 1.22. The summed E-state index contributed by atoms with van der Waals surface area (Å²) in [5.74, 6) is 1.90. The number of rotatable bonds is 5. The second kappa shape index (κ2) is 12.6. The Hall–Kier alpha value is -7.43. The molecule has 0 bridgehead atoms. The van der Waals surface area contributed by atoms with E-state index in [4.69, 9.17) is 15.0 Å². The van der Waals surface area contributed by atoms with Gasteiger partial charge in [0.25, 0.3) is 0 Å². The highest BCUT2D eigenvalue weighted by molar-refractivity contribution is 6.19. The molecule has 0 aliphatic rings. The van der Waals surface area contributed by atoms with Crippen molar-refractivity contribution >= 4 is 54.1 Å². The molecule has 256 valence electrons. The van der Waals surface area contributed by atoms with Crippen LogP contribution >= 0.6 is 0 Å². The lowest BCUT2D eigenvalue weighted by molar-refractivity contribution is 1.08. The van der Waals surface area contributed by atoms with Crippen LogP contribution in [0.3, 0.4) is 0 Å². The van der Waals surface area contributed by atoms with E-state index in [2.05, 4.69) is 180 Å². The van der Waals surface area contributed by atoms with Gasteiger partial charge in [0, 0.05) is 38.7 Å². The molecule has 2 heterocycles. The van der Waals surface area contributed by atoms with Crippen LogP contribution < -0.4 is 0 Å². The predicted octanol–water partition coefficient (Wildman–Crippen LogP) is 13.1. The van der Waals surface area contributed by atoms with Crippen molar-refractivity contribution in [2.45, 2.75) is 0 Å². The minimum atomic E-state index is 0.626. The number of aromatic nitrogens is 4. The molecule has 11 aromatic rings. The lowest BCUT2D eigenvalue weighted by Gasteiger charge is -2.16. The van der Waals surface area contributed by atoms with Crippen LogP contribution in [0.5, 0.6) is 0 Å². The standard InChI is InChI=1S/C51H32N4/c1-3-17-34(18-4-1)49-52-50(54-51(53-49)47-38-23-10-8-19-35(38)32-45-37-22-9-7-16-33(37)30-31-41(45)47)44-26-12-11-24-39(44)42-27-15-28-43-40-25-13-14-29-46(40)55(48(42)43)36-20-5-2-6-21-36/h1-32H. The van der Waals surface area contributed by atoms with Crippen molar-refractivity contribution in [3.05, 3.63) is 194 Å². The first kappa shape index (κ1) is 31.1. The quantitative estimate of drug-likeness (QED) is 0.133. The van der Waals surface area contributed by atoms with Crippen LogP contribution in [-0.4, -0.2) is 19.5 Å². The fourth-order valence-electron chi connectivity index (χ4n) is 8.38. The summed E-state index contributed by atoms with van der Waals surface area (Å²) in [7, 11) is 0. The monoisotopic (exact) mass is 700 g/mol. The van der Waals surface area contributed by atoms with E-state index in [-0.39, 0.29) is 0 Å². The molecule has 0 unspecified atom stereocenters. The van der Waals surface area contributed by atoms with Crippen molar-refractivity contribution in [3.8, 4) is 51.0 Å². The molecule has 0 aliphatic carbocycles. The number of fused-ring (bicyclic) bond motifs is 7. The zero-order chi connectivity index (χ0) is 36.3. The zero-order valence-electron chi connectivity index (χ0n) is 29.8. The fourth-order valence-corrected chi connectivity index (χ4v) is 8.38. The van der Waals surface area contributed by atoms with Gasteiger partial charge < -0.3 is 4.57 Å². The third-order valence-electron chi connectivity index (χ3n) is 10.8. The molecule has 0 atom stereocenters. The number of para-hydroxylation sites is 3. The summed E-state index contributed by atoms with van der Waals surface area (Å²) in [5.41, 5.74) is 8.47. The first-order chi connectivity index (χ1) is 27.3. The molecule has 0 N–H and O–H groups in total. The van der Waals surface area contributed by atoms with E-state index in [0.717, 1.165) is 60.7 Å². The summed E-state index contributed by atoms with van der Waals surface area (Å²) in [6.45, 7) is 0. The molecule has 0 aliphatic heterocycles. The van der Waals surface area contributed by atoms with Crippen molar-refractivity contribution in [1.82, 2.24) is 19.5 Å². The van der Waals surface area contributed by atoms with Gasteiger partial charge in [0.05, 0.1) is 11.0 Å². The largest absolute Gasteiger partial charge is 0.309 e. The maximum absolute atomic E-state index is 5.44. The van der Waals surface area contributed by atoms with Crippen LogP contribution in [-0.2, 0) is 0 Å². The van der Waals surface area contributed by atoms with Crippen LogP contribution in [0.15, 0.2) is 194 Å². The molecule has 4 nitrogen and oxygen atoms in total. The molecular formula is C51H32N4. The van der Waals surface area contributed by atoms with Crippen molar-refractivity contribution in [2.24, 2.45) is 0 Å². The first-order valence-electron chi connectivity index (χ1n) is 18.6. The first-order valence-corrected chi connectivity index (χ1v) is 18.6. The van der Waals surface area contributed by atoms with Gasteiger partial charge in [-0.05, 0) is 62.1 Å². The van der Waals surface area contributed by atoms with Crippen LogP contribution in [0.2, 0.25) is 0 Å². The minimum Gasteiger partial charge on any atom is -0.309 e. The number of hydrogen-bond acceptors (Lipinski definition) is 3. The summed E-state index contributed by atoms with van der Waals surface area (Å²) < 4.78 is 2.39. The summed E-state index contributed by atoms with van der Waals surface area (Å²) in [6, 6.07) is 68.6. The Morgan fingerprint density at radius 3 is 1.76 bits per heavy atom. The molecule has 4 heteroatoms. The number of hydrogen-bond donors (Lipinski definition) is 0. The van der Waals surface area contributed by atoms with Gasteiger partial charge in [-0.3, -0.25) is 0 Å². The summed E-state index contributed by atoms with van der Waals surface area (Å²) >= 11 is 0. The molecule has 0 spiro atoms. The highest BCUT2D eigenvalue weighted by atomic mass is 15.0. The average Bonchev–Trinajstić information content (AvgIpc) is 3.61. The van der Waals surface area contributed by atoms with Gasteiger partial charge in [0.15, 0.2) is 17.5 Å². The third-order valence-corrected chi connectivity index (χ3v) is 10.8. The van der Waals surface area contributed by atoms with Crippen LogP contribution in [0.4, 0.5) is 0 Å². The molecule has 11 rings (SSSR count). The number of benzene rings is 9. The van der Waals surface area contributed by atoms with Crippen LogP contribution in [0.25, 0.3) is 105 Å². The molecular weight excluding hydrogens is 669 g/mol. The predicted molar refractivity (Wildman–Crippen MR) is 228 cm³/mol. The maximum Gasteiger partial charge on any atom is 0.165 e. The fraction of sp³-hybridized carbons (Fsp3) is 0. The minimum absolute atomic E-state index is 0.626. The van der Waals surface area contributed by atoms with Crippen molar-refractivity contribution in [3.63, 3.8) is 0 Å². The van der Waals surface area contributed by atoms with Crippen molar-refractivity contribution in [1.29, 1.82) is 0 Å². The smallest absolute Gasteiger partial charge is 0.165 e. The van der Waals surface area contributed by atoms with Gasteiger partial charge >= 0.3 is 0 Å². The maximum atomic E-state index is 5.44. The van der Waals surface area contributed by atoms with Gasteiger partial charge in [0.2, 0.25) is 0 Å². The second-order valence-corrected chi connectivity index (χ2v) is 14.0. The zero-order valence-corrected chi connectivity index (χ0v) is 29.8. The Labute approximate surface area is 317 Å². The topological polar surface area (TPSA) is 43.6 Å². The van der Waals surface area contributed by atoms with E-state index in [1.165, 1.54) is 26.9 Å². The molecule has 55 heavy (non-hydrogen) atoms. The Bertz CT molecular complexity index is 3260. The molecule has 0 fully saturated rings. The summed E-state index contributed by atoms with van der Waals surface area (Å²) in [6.07, 6.45) is 0. The lowest BCUT2D eigenvalue weighted by atomic mass is 9.92. The molecule has 0 radical (unpaired) electrons. The Morgan fingerprint density at radius 1 is 0.327 bits per heavy atom. The summed E-state index contributed by atoms with van der Waals surface area (Å²) in [5, 5.41) is 9.35. The molecule has 0 amide bonds. The van der Waals surface area contributed by atoms with Gasteiger partial charge in [-0.15, -0.1) is 0 Å². The van der Waals surface area contributed by atoms with Gasteiger partial charge in [-0.1, -0.05) is 170 Å². The highest BCUT2D eigenvalue weighted by Gasteiger charge is 2.22. The van der Waals surface area contributed by atoms with Gasteiger partial charge in [0.1, 0.15) is 0 Å². The van der Waals surface area contributed by atoms with Crippen molar-refractivity contribution in [2.75, 3.05) is 0 Å². The molecule has 0 saturated carbocycles. The second-order valence-electron chi connectivity index (χ2n) is 14.0. The van der Waals surface area contributed by atoms with Crippen LogP contribution in [0.1, 0.15) is 0 Å². The van der Waals surface area contributed by atoms with Gasteiger partial charge in [-0.25, -0.2) is 15.0 Å². The normalized spacial score (nSPS) is 11.6.